The molecule has 144 valence electrons. The highest BCUT2D eigenvalue weighted by atomic mass is 32.2. The zero-order chi connectivity index (χ0) is 19.6. The number of aromatic nitrogens is 3. The largest absolute Gasteiger partial charge is 0.302 e. The van der Waals surface area contributed by atoms with Crippen LogP contribution in [0.4, 0.5) is 5.69 Å². The molecule has 2 aromatic heterocycles. The Labute approximate surface area is 177 Å². The van der Waals surface area contributed by atoms with Gasteiger partial charge in [-0.15, -0.1) is 22.0 Å². The van der Waals surface area contributed by atoms with E-state index >= 15 is 0 Å². The molecule has 0 aliphatic carbocycles. The van der Waals surface area contributed by atoms with Crippen LogP contribution in [0, 0.1) is 0 Å². The number of amides is 1. The molecule has 1 unspecified atom stereocenters. The lowest BCUT2D eigenvalue weighted by Crippen LogP contribution is -2.39. The number of pyridine rings is 1. The number of nitrogens with zero attached hydrogens (tertiary/aromatic N) is 4. The minimum Gasteiger partial charge on any atom is -0.302 e. The van der Waals surface area contributed by atoms with Crippen LogP contribution >= 0.6 is 23.5 Å². The molecule has 1 aliphatic rings. The van der Waals surface area contributed by atoms with Crippen LogP contribution in [0.3, 0.4) is 0 Å². The van der Waals surface area contributed by atoms with E-state index in [-0.39, 0.29) is 11.9 Å². The van der Waals surface area contributed by atoms with Crippen molar-refractivity contribution in [1.82, 2.24) is 14.6 Å². The van der Waals surface area contributed by atoms with Gasteiger partial charge in [0, 0.05) is 16.8 Å². The highest BCUT2D eigenvalue weighted by Crippen LogP contribution is 2.43. The van der Waals surface area contributed by atoms with E-state index in [9.17, 15) is 4.79 Å². The first-order valence-corrected chi connectivity index (χ1v) is 11.3. The molecule has 0 N–H and O–H groups in total. The SMILES string of the molecule is O=C(CSc1nnc2ccccn12)N1c2ccccc2SCC1c1ccccc1. The van der Waals surface area contributed by atoms with Crippen LogP contribution in [0.25, 0.3) is 5.65 Å². The van der Waals surface area contributed by atoms with Gasteiger partial charge in [0.05, 0.1) is 17.5 Å². The van der Waals surface area contributed by atoms with Crippen molar-refractivity contribution >= 4 is 40.8 Å². The number of benzene rings is 2. The molecule has 7 heteroatoms. The first-order valence-electron chi connectivity index (χ1n) is 9.32. The molecule has 0 saturated carbocycles. The fraction of sp³-hybridized carbons (Fsp3) is 0.136. The number of hydrogen-bond donors (Lipinski definition) is 0. The van der Waals surface area contributed by atoms with Gasteiger partial charge in [0.1, 0.15) is 0 Å². The summed E-state index contributed by atoms with van der Waals surface area (Å²) in [6, 6.07) is 24.2. The number of carbonyl (C=O) groups excluding carboxylic acids is 1. The van der Waals surface area contributed by atoms with E-state index in [0.29, 0.717) is 5.75 Å². The van der Waals surface area contributed by atoms with Gasteiger partial charge >= 0.3 is 0 Å². The first-order chi connectivity index (χ1) is 14.3. The van der Waals surface area contributed by atoms with Gasteiger partial charge in [0.15, 0.2) is 10.8 Å². The fourth-order valence-corrected chi connectivity index (χ4v) is 5.48. The van der Waals surface area contributed by atoms with Crippen LogP contribution in [-0.4, -0.2) is 32.0 Å². The Hall–Kier alpha value is -2.77. The Kier molecular flexibility index (Phi) is 4.99. The molecule has 2 aromatic carbocycles. The lowest BCUT2D eigenvalue weighted by Gasteiger charge is -2.37. The molecule has 0 radical (unpaired) electrons. The van der Waals surface area contributed by atoms with Crippen LogP contribution in [0.2, 0.25) is 0 Å². The molecule has 0 fully saturated rings. The zero-order valence-electron chi connectivity index (χ0n) is 15.5. The molecule has 5 rings (SSSR count). The standard InChI is InChI=1S/C22H18N4OS2/c27-21(15-29-22-24-23-20-12-6-7-13-25(20)22)26-17-10-4-5-11-19(17)28-14-18(26)16-8-2-1-3-9-16/h1-13,18H,14-15H2. The Balaban J connectivity index is 1.44. The third-order valence-electron chi connectivity index (χ3n) is 4.89. The second-order valence-electron chi connectivity index (χ2n) is 6.67. The summed E-state index contributed by atoms with van der Waals surface area (Å²) in [4.78, 5) is 16.5. The molecule has 1 atom stereocenters. The monoisotopic (exact) mass is 418 g/mol. The summed E-state index contributed by atoms with van der Waals surface area (Å²) >= 11 is 3.22. The minimum absolute atomic E-state index is 0.0133. The number of anilines is 1. The lowest BCUT2D eigenvalue weighted by atomic mass is 10.1. The number of thioether (sulfide) groups is 2. The average Bonchev–Trinajstić information content (AvgIpc) is 3.20. The van der Waals surface area contributed by atoms with Crippen molar-refractivity contribution in [2.45, 2.75) is 16.1 Å². The molecular formula is C22H18N4OS2. The summed E-state index contributed by atoms with van der Waals surface area (Å²) < 4.78 is 1.91. The van der Waals surface area contributed by atoms with Crippen LogP contribution in [-0.2, 0) is 4.79 Å². The van der Waals surface area contributed by atoms with E-state index in [1.165, 1.54) is 11.8 Å². The van der Waals surface area contributed by atoms with Gasteiger partial charge in [-0.2, -0.15) is 0 Å². The van der Waals surface area contributed by atoms with E-state index < -0.39 is 0 Å². The van der Waals surface area contributed by atoms with E-state index in [2.05, 4.69) is 28.4 Å². The second kappa shape index (κ2) is 7.93. The number of carbonyl (C=O) groups is 1. The summed E-state index contributed by atoms with van der Waals surface area (Å²) in [7, 11) is 0. The summed E-state index contributed by atoms with van der Waals surface area (Å²) in [5.41, 5.74) is 2.92. The quantitative estimate of drug-likeness (QED) is 0.450. The van der Waals surface area contributed by atoms with Gasteiger partial charge in [0.2, 0.25) is 5.91 Å². The van der Waals surface area contributed by atoms with Crippen molar-refractivity contribution in [2.24, 2.45) is 0 Å². The molecule has 3 heterocycles. The number of hydrogen-bond acceptors (Lipinski definition) is 5. The maximum atomic E-state index is 13.4. The predicted octanol–water partition coefficient (Wildman–Crippen LogP) is 4.70. The Bertz CT molecular complexity index is 1160. The molecule has 5 nitrogen and oxygen atoms in total. The van der Waals surface area contributed by atoms with Gasteiger partial charge in [-0.3, -0.25) is 9.20 Å². The topological polar surface area (TPSA) is 50.5 Å². The Morgan fingerprint density at radius 2 is 1.79 bits per heavy atom. The third-order valence-corrected chi connectivity index (χ3v) is 6.96. The normalized spacial score (nSPS) is 16.0. The van der Waals surface area contributed by atoms with Crippen molar-refractivity contribution in [3.63, 3.8) is 0 Å². The van der Waals surface area contributed by atoms with E-state index in [1.54, 1.807) is 11.8 Å². The minimum atomic E-state index is 0.0133. The average molecular weight is 419 g/mol. The van der Waals surface area contributed by atoms with Crippen molar-refractivity contribution < 1.29 is 4.79 Å². The lowest BCUT2D eigenvalue weighted by molar-refractivity contribution is -0.116. The smallest absolute Gasteiger partial charge is 0.238 e. The van der Waals surface area contributed by atoms with Crippen molar-refractivity contribution in [3.05, 3.63) is 84.6 Å². The van der Waals surface area contributed by atoms with Crippen molar-refractivity contribution in [1.29, 1.82) is 0 Å². The molecule has 0 saturated heterocycles. The first kappa shape index (κ1) is 18.3. The number of para-hydroxylation sites is 1. The maximum Gasteiger partial charge on any atom is 0.238 e. The van der Waals surface area contributed by atoms with Gasteiger partial charge in [-0.25, -0.2) is 0 Å². The Morgan fingerprint density at radius 3 is 2.69 bits per heavy atom. The van der Waals surface area contributed by atoms with E-state index in [0.717, 1.165) is 32.7 Å². The maximum absolute atomic E-state index is 13.4. The van der Waals surface area contributed by atoms with Crippen molar-refractivity contribution in [2.75, 3.05) is 16.4 Å². The van der Waals surface area contributed by atoms with Crippen LogP contribution in [0.5, 0.6) is 0 Å². The molecule has 0 spiro atoms. The van der Waals surface area contributed by atoms with Gasteiger partial charge in [-0.1, -0.05) is 60.3 Å². The zero-order valence-corrected chi connectivity index (χ0v) is 17.1. The third kappa shape index (κ3) is 3.52. The summed E-state index contributed by atoms with van der Waals surface area (Å²) in [5.74, 6) is 1.22. The van der Waals surface area contributed by atoms with Gasteiger partial charge in [-0.05, 0) is 29.8 Å². The van der Waals surface area contributed by atoms with E-state index in [1.807, 2.05) is 70.1 Å². The molecule has 0 bridgehead atoms. The van der Waals surface area contributed by atoms with Crippen LogP contribution in [0.1, 0.15) is 11.6 Å². The van der Waals surface area contributed by atoms with Crippen LogP contribution < -0.4 is 4.90 Å². The van der Waals surface area contributed by atoms with Crippen LogP contribution in [0.15, 0.2) is 89.0 Å². The Morgan fingerprint density at radius 1 is 1.00 bits per heavy atom. The number of fused-ring (bicyclic) bond motifs is 2. The van der Waals surface area contributed by atoms with E-state index in [4.69, 9.17) is 0 Å². The summed E-state index contributed by atoms with van der Waals surface area (Å²) in [5, 5.41) is 9.13. The fourth-order valence-electron chi connectivity index (χ4n) is 3.53. The van der Waals surface area contributed by atoms with Gasteiger partial charge < -0.3 is 4.90 Å². The molecule has 4 aromatic rings. The highest BCUT2D eigenvalue weighted by Gasteiger charge is 2.32. The van der Waals surface area contributed by atoms with Crippen molar-refractivity contribution in [3.8, 4) is 0 Å². The molecule has 1 amide bonds. The number of rotatable bonds is 4. The molecule has 29 heavy (non-hydrogen) atoms. The highest BCUT2D eigenvalue weighted by molar-refractivity contribution is 8.00. The molecular weight excluding hydrogens is 400 g/mol. The molecule has 1 aliphatic heterocycles. The predicted molar refractivity (Wildman–Crippen MR) is 118 cm³/mol. The summed E-state index contributed by atoms with van der Waals surface area (Å²) in [6.07, 6.45) is 1.92. The summed E-state index contributed by atoms with van der Waals surface area (Å²) in [6.45, 7) is 0. The second-order valence-corrected chi connectivity index (χ2v) is 8.67. The van der Waals surface area contributed by atoms with Gasteiger partial charge in [0.25, 0.3) is 0 Å².